The van der Waals surface area contributed by atoms with Crippen molar-refractivity contribution in [3.8, 4) is 10.4 Å². The summed E-state index contributed by atoms with van der Waals surface area (Å²) in [5, 5.41) is 5.79. The Morgan fingerprint density at radius 2 is 1.91 bits per heavy atom. The fourth-order valence-electron chi connectivity index (χ4n) is 4.76. The van der Waals surface area contributed by atoms with Gasteiger partial charge in [0.15, 0.2) is 5.72 Å². The van der Waals surface area contributed by atoms with Crippen LogP contribution in [-0.2, 0) is 10.5 Å². The molecule has 2 saturated heterocycles. The summed E-state index contributed by atoms with van der Waals surface area (Å²) in [6.45, 7) is 2.66. The molecule has 5 heterocycles. The largest absolute Gasteiger partial charge is 0.356 e. The van der Waals surface area contributed by atoms with E-state index < -0.39 is 5.72 Å². The molecule has 4 aromatic rings. The summed E-state index contributed by atoms with van der Waals surface area (Å²) in [6, 6.07) is 13.4. The Hall–Kier alpha value is -3.07. The van der Waals surface area contributed by atoms with E-state index in [0.717, 1.165) is 58.8 Å². The van der Waals surface area contributed by atoms with Crippen LogP contribution >= 0.6 is 11.3 Å². The third-order valence-electron chi connectivity index (χ3n) is 6.93. The number of pyridine rings is 2. The summed E-state index contributed by atoms with van der Waals surface area (Å²) in [5.41, 5.74) is 3.57. The smallest absolute Gasteiger partial charge is 0.190 e. The summed E-state index contributed by atoms with van der Waals surface area (Å²) < 4.78 is 5.96. The molecule has 0 aliphatic carbocycles. The number of ether oxygens (including phenoxy) is 1. The third-order valence-corrected chi connectivity index (χ3v) is 7.75. The van der Waals surface area contributed by atoms with Crippen molar-refractivity contribution in [3.05, 3.63) is 66.1 Å². The number of nitrogens with zero attached hydrogens (tertiary/aromatic N) is 5. The Morgan fingerprint density at radius 3 is 2.65 bits per heavy atom. The van der Waals surface area contributed by atoms with Crippen LogP contribution in [0, 0.1) is 0 Å². The van der Waals surface area contributed by atoms with E-state index in [1.54, 1.807) is 11.3 Å². The van der Waals surface area contributed by atoms with Crippen LogP contribution in [0.1, 0.15) is 18.4 Å². The topological polar surface area (TPSA) is 69.7 Å². The van der Waals surface area contributed by atoms with Crippen molar-refractivity contribution in [2.75, 3.05) is 44.0 Å². The lowest BCUT2D eigenvalue weighted by atomic mass is 10.0. The molecule has 7 nitrogen and oxygen atoms in total. The first-order valence-corrected chi connectivity index (χ1v) is 12.6. The summed E-state index contributed by atoms with van der Waals surface area (Å²) in [7, 11) is 4.33. The molecule has 1 atom stereocenters. The second kappa shape index (κ2) is 8.61. The van der Waals surface area contributed by atoms with E-state index >= 15 is 0 Å². The number of piperidine rings is 1. The molecule has 0 radical (unpaired) electrons. The number of rotatable bonds is 6. The molecule has 1 N–H and O–H groups in total. The van der Waals surface area contributed by atoms with Crippen LogP contribution in [0.5, 0.6) is 0 Å². The zero-order chi connectivity index (χ0) is 23.1. The van der Waals surface area contributed by atoms with Crippen molar-refractivity contribution in [1.29, 1.82) is 0 Å². The molecule has 0 bridgehead atoms. The molecule has 0 amide bonds. The average molecular weight is 473 g/mol. The molecule has 2 aliphatic rings. The first-order valence-electron chi connectivity index (χ1n) is 11.7. The summed E-state index contributed by atoms with van der Waals surface area (Å²) >= 11 is 1.65. The number of aromatic nitrogens is 3. The minimum Gasteiger partial charge on any atom is -0.356 e. The zero-order valence-electron chi connectivity index (χ0n) is 19.4. The number of hydrogen-bond donors (Lipinski definition) is 1. The van der Waals surface area contributed by atoms with Crippen molar-refractivity contribution in [2.24, 2.45) is 0 Å². The van der Waals surface area contributed by atoms with Gasteiger partial charge in [-0.15, -0.1) is 11.3 Å². The Morgan fingerprint density at radius 1 is 1.06 bits per heavy atom. The van der Waals surface area contributed by atoms with Gasteiger partial charge in [-0.1, -0.05) is 12.1 Å². The molecule has 1 aromatic carbocycles. The van der Waals surface area contributed by atoms with Gasteiger partial charge >= 0.3 is 0 Å². The molecule has 3 aromatic heterocycles. The number of hydrogen-bond acceptors (Lipinski definition) is 8. The highest BCUT2D eigenvalue weighted by Crippen LogP contribution is 2.40. The molecular formula is C26H28N6OS. The number of anilines is 2. The molecule has 2 fully saturated rings. The van der Waals surface area contributed by atoms with Gasteiger partial charge in [0.05, 0.1) is 10.4 Å². The highest BCUT2D eigenvalue weighted by Gasteiger charge is 2.47. The SMILES string of the molecule is CN(C)C1CCN(c2cc(C3(Nc4cc5cc(-c6cncs6)ccc5cn4)CO3)ccn2)CC1. The van der Waals surface area contributed by atoms with Gasteiger partial charge in [-0.25, -0.2) is 9.97 Å². The summed E-state index contributed by atoms with van der Waals surface area (Å²) in [4.78, 5) is 19.4. The van der Waals surface area contributed by atoms with Gasteiger partial charge in [0.1, 0.15) is 18.2 Å². The predicted molar refractivity (Wildman–Crippen MR) is 137 cm³/mol. The van der Waals surface area contributed by atoms with Gasteiger partial charge in [-0.05, 0) is 62.2 Å². The molecule has 1 unspecified atom stereocenters. The monoisotopic (exact) mass is 472 g/mol. The van der Waals surface area contributed by atoms with Crippen LogP contribution < -0.4 is 10.2 Å². The number of epoxide rings is 1. The maximum Gasteiger partial charge on any atom is 0.190 e. The van der Waals surface area contributed by atoms with E-state index in [1.165, 1.54) is 5.56 Å². The van der Waals surface area contributed by atoms with E-state index in [4.69, 9.17) is 4.74 Å². The van der Waals surface area contributed by atoms with Gasteiger partial charge in [-0.3, -0.25) is 4.98 Å². The van der Waals surface area contributed by atoms with Gasteiger partial charge in [0.25, 0.3) is 0 Å². The maximum atomic E-state index is 5.96. The Bertz CT molecular complexity index is 1300. The van der Waals surface area contributed by atoms with Crippen LogP contribution in [0.4, 0.5) is 11.6 Å². The van der Waals surface area contributed by atoms with Gasteiger partial charge < -0.3 is 19.9 Å². The molecule has 0 saturated carbocycles. The predicted octanol–water partition coefficient (Wildman–Crippen LogP) is 4.58. The van der Waals surface area contributed by atoms with Gasteiger partial charge in [0, 0.05) is 48.7 Å². The van der Waals surface area contributed by atoms with Crippen molar-refractivity contribution < 1.29 is 4.74 Å². The first kappa shape index (κ1) is 21.5. The fourth-order valence-corrected chi connectivity index (χ4v) is 5.38. The first-order chi connectivity index (χ1) is 16.6. The van der Waals surface area contributed by atoms with E-state index in [1.807, 2.05) is 30.2 Å². The van der Waals surface area contributed by atoms with Gasteiger partial charge in [0.2, 0.25) is 0 Å². The Balaban J connectivity index is 1.22. The maximum absolute atomic E-state index is 5.96. The lowest BCUT2D eigenvalue weighted by molar-refractivity contribution is 0.249. The molecule has 0 spiro atoms. The van der Waals surface area contributed by atoms with Crippen molar-refractivity contribution in [3.63, 3.8) is 0 Å². The molecule has 8 heteroatoms. The highest BCUT2D eigenvalue weighted by atomic mass is 32.1. The van der Waals surface area contributed by atoms with Crippen LogP contribution in [-0.4, -0.2) is 59.7 Å². The molecule has 6 rings (SSSR count). The quantitative estimate of drug-likeness (QED) is 0.412. The van der Waals surface area contributed by atoms with Gasteiger partial charge in [-0.2, -0.15) is 0 Å². The molecule has 34 heavy (non-hydrogen) atoms. The van der Waals surface area contributed by atoms with E-state index in [-0.39, 0.29) is 0 Å². The van der Waals surface area contributed by atoms with E-state index in [2.05, 4.69) is 74.5 Å². The van der Waals surface area contributed by atoms with E-state index in [9.17, 15) is 0 Å². The zero-order valence-corrected chi connectivity index (χ0v) is 20.3. The highest BCUT2D eigenvalue weighted by molar-refractivity contribution is 7.13. The molecule has 2 aliphatic heterocycles. The number of benzene rings is 1. The second-order valence-electron chi connectivity index (χ2n) is 9.32. The standard InChI is InChI=1S/C26H28N6OS/c1-31(2)22-6-9-32(10-7-22)25-13-21(5-8-28-25)26(16-33-26)30-24-12-20-11-18(23-15-27-17-34-23)3-4-19(20)14-29-24/h3-5,8,11-15,17,22H,6-7,9-10,16H2,1-2H3,(H,29,30). The number of thiazole rings is 1. The second-order valence-corrected chi connectivity index (χ2v) is 10.2. The fraction of sp³-hybridized carbons (Fsp3) is 0.346. The Labute approximate surface area is 203 Å². The lowest BCUT2D eigenvalue weighted by Gasteiger charge is -2.36. The third kappa shape index (κ3) is 4.13. The minimum absolute atomic E-state index is 0.546. The number of nitrogens with one attached hydrogen (secondary N) is 1. The van der Waals surface area contributed by atoms with Crippen molar-refractivity contribution in [1.82, 2.24) is 19.9 Å². The van der Waals surface area contributed by atoms with Crippen molar-refractivity contribution in [2.45, 2.75) is 24.6 Å². The molecular weight excluding hydrogens is 444 g/mol. The van der Waals surface area contributed by atoms with Crippen LogP contribution in [0.2, 0.25) is 0 Å². The van der Waals surface area contributed by atoms with Crippen LogP contribution in [0.3, 0.4) is 0 Å². The lowest BCUT2D eigenvalue weighted by Crippen LogP contribution is -2.42. The normalized spacial score (nSPS) is 20.7. The Kier molecular flexibility index (Phi) is 5.44. The average Bonchev–Trinajstić information content (AvgIpc) is 3.44. The van der Waals surface area contributed by atoms with E-state index in [0.29, 0.717) is 12.6 Å². The summed E-state index contributed by atoms with van der Waals surface area (Å²) in [5.74, 6) is 1.82. The molecule has 174 valence electrons. The van der Waals surface area contributed by atoms with Crippen molar-refractivity contribution >= 4 is 33.7 Å². The minimum atomic E-state index is -0.546. The van der Waals surface area contributed by atoms with Crippen LogP contribution in [0.15, 0.2) is 60.5 Å². The van der Waals surface area contributed by atoms with Crippen LogP contribution in [0.25, 0.3) is 21.2 Å². The number of fused-ring (bicyclic) bond motifs is 1. The summed E-state index contributed by atoms with van der Waals surface area (Å²) in [6.07, 6.45) is 8.02.